The van der Waals surface area contributed by atoms with Gasteiger partial charge in [0.15, 0.2) is 0 Å². The fourth-order valence-electron chi connectivity index (χ4n) is 1.57. The number of halogens is 1. The molecule has 2 rings (SSSR count). The van der Waals surface area contributed by atoms with Crippen LogP contribution in [-0.4, -0.2) is 5.91 Å². The maximum Gasteiger partial charge on any atom is 0.248 e. The lowest BCUT2D eigenvalue weighted by Gasteiger charge is -2.02. The average Bonchev–Trinajstić information content (AvgIpc) is 2.41. The third-order valence-corrected chi connectivity index (χ3v) is 3.14. The summed E-state index contributed by atoms with van der Waals surface area (Å²) < 4.78 is 1.02. The van der Waals surface area contributed by atoms with Gasteiger partial charge in [-0.25, -0.2) is 0 Å². The van der Waals surface area contributed by atoms with Crippen molar-refractivity contribution in [3.8, 4) is 0 Å². The van der Waals surface area contributed by atoms with Crippen molar-refractivity contribution >= 4 is 33.6 Å². The number of carbonyl (C=O) groups is 1. The van der Waals surface area contributed by atoms with Crippen LogP contribution >= 0.6 is 15.9 Å². The molecule has 96 valence electrons. The minimum absolute atomic E-state index is 0.133. The zero-order valence-corrected chi connectivity index (χ0v) is 12.1. The number of rotatable bonds is 3. The van der Waals surface area contributed by atoms with E-state index in [0.29, 0.717) is 0 Å². The summed E-state index contributed by atoms with van der Waals surface area (Å²) in [6.07, 6.45) is 3.32. The van der Waals surface area contributed by atoms with E-state index in [9.17, 15) is 4.79 Å². The lowest BCUT2D eigenvalue weighted by molar-refractivity contribution is -0.111. The summed E-state index contributed by atoms with van der Waals surface area (Å²) in [4.78, 5) is 11.7. The second-order valence-electron chi connectivity index (χ2n) is 4.24. The molecule has 1 N–H and O–H groups in total. The lowest BCUT2D eigenvalue weighted by Crippen LogP contribution is -2.07. The molecule has 0 atom stereocenters. The molecule has 1 amide bonds. The van der Waals surface area contributed by atoms with Gasteiger partial charge in [-0.05, 0) is 42.8 Å². The van der Waals surface area contributed by atoms with Crippen molar-refractivity contribution in [3.63, 3.8) is 0 Å². The first kappa shape index (κ1) is 13.6. The van der Waals surface area contributed by atoms with Crippen molar-refractivity contribution in [1.29, 1.82) is 0 Å². The standard InChI is InChI=1S/C16H14BrNO/c1-12-2-9-15(10-3-12)18-16(19)11-6-13-4-7-14(17)8-5-13/h2-11H,1H3,(H,18,19). The van der Waals surface area contributed by atoms with Gasteiger partial charge in [-0.3, -0.25) is 4.79 Å². The van der Waals surface area contributed by atoms with Gasteiger partial charge >= 0.3 is 0 Å². The summed E-state index contributed by atoms with van der Waals surface area (Å²) in [5.41, 5.74) is 2.96. The molecular formula is C16H14BrNO. The average molecular weight is 316 g/mol. The highest BCUT2D eigenvalue weighted by Crippen LogP contribution is 2.12. The van der Waals surface area contributed by atoms with E-state index in [0.717, 1.165) is 15.7 Å². The van der Waals surface area contributed by atoms with Gasteiger partial charge in [-0.15, -0.1) is 0 Å². The molecule has 0 heterocycles. The Hall–Kier alpha value is -1.87. The van der Waals surface area contributed by atoms with Crippen LogP contribution in [0.2, 0.25) is 0 Å². The molecule has 2 aromatic rings. The zero-order chi connectivity index (χ0) is 13.7. The van der Waals surface area contributed by atoms with Crippen molar-refractivity contribution in [2.24, 2.45) is 0 Å². The highest BCUT2D eigenvalue weighted by molar-refractivity contribution is 9.10. The van der Waals surface area contributed by atoms with Crippen LogP contribution in [0.1, 0.15) is 11.1 Å². The Balaban J connectivity index is 1.97. The Bertz CT molecular complexity index is 585. The lowest BCUT2D eigenvalue weighted by atomic mass is 10.2. The normalized spacial score (nSPS) is 10.6. The predicted octanol–water partition coefficient (Wildman–Crippen LogP) is 4.41. The minimum atomic E-state index is -0.133. The Morgan fingerprint density at radius 1 is 1.05 bits per heavy atom. The monoisotopic (exact) mass is 315 g/mol. The van der Waals surface area contributed by atoms with Gasteiger partial charge in [0, 0.05) is 16.2 Å². The number of anilines is 1. The molecule has 0 aliphatic carbocycles. The van der Waals surface area contributed by atoms with E-state index >= 15 is 0 Å². The highest BCUT2D eigenvalue weighted by Gasteiger charge is 1.97. The van der Waals surface area contributed by atoms with E-state index in [4.69, 9.17) is 0 Å². The first-order chi connectivity index (χ1) is 9.13. The van der Waals surface area contributed by atoms with Gasteiger partial charge in [0.05, 0.1) is 0 Å². The van der Waals surface area contributed by atoms with Crippen LogP contribution in [-0.2, 0) is 4.79 Å². The van der Waals surface area contributed by atoms with Crippen LogP contribution in [0.15, 0.2) is 59.1 Å². The van der Waals surface area contributed by atoms with E-state index < -0.39 is 0 Å². The minimum Gasteiger partial charge on any atom is -0.323 e. The van der Waals surface area contributed by atoms with E-state index in [2.05, 4.69) is 21.2 Å². The molecule has 19 heavy (non-hydrogen) atoms. The van der Waals surface area contributed by atoms with E-state index in [-0.39, 0.29) is 5.91 Å². The first-order valence-corrected chi connectivity index (χ1v) is 6.74. The Morgan fingerprint density at radius 2 is 1.68 bits per heavy atom. The van der Waals surface area contributed by atoms with Gasteiger partial charge in [-0.2, -0.15) is 0 Å². The Kier molecular flexibility index (Phi) is 4.53. The van der Waals surface area contributed by atoms with Gasteiger partial charge in [0.2, 0.25) is 5.91 Å². The molecule has 0 bridgehead atoms. The van der Waals surface area contributed by atoms with Crippen LogP contribution in [0.4, 0.5) is 5.69 Å². The summed E-state index contributed by atoms with van der Waals surface area (Å²) in [6.45, 7) is 2.01. The summed E-state index contributed by atoms with van der Waals surface area (Å²) in [7, 11) is 0. The van der Waals surface area contributed by atoms with Crippen LogP contribution in [0, 0.1) is 6.92 Å². The largest absolute Gasteiger partial charge is 0.323 e. The maximum atomic E-state index is 11.7. The second kappa shape index (κ2) is 6.34. The third kappa shape index (κ3) is 4.38. The van der Waals surface area contributed by atoms with Crippen LogP contribution in [0.5, 0.6) is 0 Å². The summed E-state index contributed by atoms with van der Waals surface area (Å²) >= 11 is 3.37. The molecule has 0 spiro atoms. The molecule has 0 radical (unpaired) electrons. The van der Waals surface area contributed by atoms with Gasteiger partial charge in [0.1, 0.15) is 0 Å². The smallest absolute Gasteiger partial charge is 0.248 e. The van der Waals surface area contributed by atoms with Gasteiger partial charge in [0.25, 0.3) is 0 Å². The fourth-order valence-corrected chi connectivity index (χ4v) is 1.83. The van der Waals surface area contributed by atoms with Crippen molar-refractivity contribution in [2.45, 2.75) is 6.92 Å². The number of hydrogen-bond acceptors (Lipinski definition) is 1. The molecule has 0 fully saturated rings. The molecular weight excluding hydrogens is 302 g/mol. The number of nitrogens with one attached hydrogen (secondary N) is 1. The number of hydrogen-bond donors (Lipinski definition) is 1. The quantitative estimate of drug-likeness (QED) is 0.835. The Morgan fingerprint density at radius 3 is 2.32 bits per heavy atom. The number of amides is 1. The SMILES string of the molecule is Cc1ccc(NC(=O)C=Cc2ccc(Br)cc2)cc1. The molecule has 0 unspecified atom stereocenters. The fraction of sp³-hybridized carbons (Fsp3) is 0.0625. The number of benzene rings is 2. The first-order valence-electron chi connectivity index (χ1n) is 5.95. The van der Waals surface area contributed by atoms with Crippen molar-refractivity contribution < 1.29 is 4.79 Å². The van der Waals surface area contributed by atoms with Crippen LogP contribution in [0.3, 0.4) is 0 Å². The van der Waals surface area contributed by atoms with Gasteiger partial charge < -0.3 is 5.32 Å². The van der Waals surface area contributed by atoms with Crippen LogP contribution in [0.25, 0.3) is 6.08 Å². The van der Waals surface area contributed by atoms with Crippen molar-refractivity contribution in [2.75, 3.05) is 5.32 Å². The molecule has 2 nitrogen and oxygen atoms in total. The molecule has 0 aliphatic rings. The maximum absolute atomic E-state index is 11.7. The zero-order valence-electron chi connectivity index (χ0n) is 10.6. The van der Waals surface area contributed by atoms with E-state index in [1.807, 2.05) is 55.5 Å². The molecule has 2 aromatic carbocycles. The number of aryl methyl sites for hydroxylation is 1. The van der Waals surface area contributed by atoms with E-state index in [1.54, 1.807) is 6.08 Å². The summed E-state index contributed by atoms with van der Waals surface area (Å²) in [5, 5.41) is 2.82. The molecule has 0 saturated heterocycles. The second-order valence-corrected chi connectivity index (χ2v) is 5.16. The highest BCUT2D eigenvalue weighted by atomic mass is 79.9. The molecule has 0 aromatic heterocycles. The van der Waals surface area contributed by atoms with E-state index in [1.165, 1.54) is 11.6 Å². The number of carbonyl (C=O) groups excluding carboxylic acids is 1. The Labute approximate surface area is 121 Å². The summed E-state index contributed by atoms with van der Waals surface area (Å²) in [5.74, 6) is -0.133. The van der Waals surface area contributed by atoms with Crippen molar-refractivity contribution in [3.05, 3.63) is 70.2 Å². The predicted molar refractivity (Wildman–Crippen MR) is 83.0 cm³/mol. The third-order valence-electron chi connectivity index (χ3n) is 2.62. The molecule has 0 aliphatic heterocycles. The molecule has 3 heteroatoms. The topological polar surface area (TPSA) is 29.1 Å². The molecule has 0 saturated carbocycles. The van der Waals surface area contributed by atoms with Crippen LogP contribution < -0.4 is 5.32 Å². The summed E-state index contributed by atoms with van der Waals surface area (Å²) in [6, 6.07) is 15.5. The van der Waals surface area contributed by atoms with Gasteiger partial charge in [-0.1, -0.05) is 45.8 Å². The van der Waals surface area contributed by atoms with Crippen molar-refractivity contribution in [1.82, 2.24) is 0 Å².